The number of nitrogens with two attached hydrogens (primary N) is 1. The second kappa shape index (κ2) is 6.69. The molecule has 9 nitrogen and oxygen atoms in total. The Bertz CT molecular complexity index is 1180. The third kappa shape index (κ3) is 3.00. The maximum Gasteiger partial charge on any atom is 0.178 e. The van der Waals surface area contributed by atoms with Crippen LogP contribution in [0.25, 0.3) is 34.2 Å². The van der Waals surface area contributed by atoms with E-state index in [1.165, 1.54) is 0 Å². The fourth-order valence-corrected chi connectivity index (χ4v) is 3.45. The molecule has 0 radical (unpaired) electrons. The Labute approximate surface area is 167 Å². The minimum Gasteiger partial charge on any atom is -0.491 e. The van der Waals surface area contributed by atoms with Crippen LogP contribution in [0.4, 0.5) is 5.82 Å². The highest BCUT2D eigenvalue weighted by Gasteiger charge is 2.22. The number of ether oxygens (including phenoxy) is 1. The quantitative estimate of drug-likeness (QED) is 0.574. The van der Waals surface area contributed by atoms with Gasteiger partial charge in [-0.25, -0.2) is 19.6 Å². The summed E-state index contributed by atoms with van der Waals surface area (Å²) >= 11 is 0. The predicted octanol–water partition coefficient (Wildman–Crippen LogP) is 2.82. The zero-order valence-corrected chi connectivity index (χ0v) is 16.1. The molecule has 146 valence electrons. The summed E-state index contributed by atoms with van der Waals surface area (Å²) < 4.78 is 9.98. The fourth-order valence-electron chi connectivity index (χ4n) is 3.45. The minimum atomic E-state index is 0.202. The first-order chi connectivity index (χ1) is 14.1. The van der Waals surface area contributed by atoms with Gasteiger partial charge in [0.15, 0.2) is 5.82 Å². The van der Waals surface area contributed by atoms with E-state index in [2.05, 4.69) is 38.5 Å². The molecule has 0 fully saturated rings. The van der Waals surface area contributed by atoms with Crippen LogP contribution < -0.4 is 10.5 Å². The maximum absolute atomic E-state index is 6.00. The van der Waals surface area contributed by atoms with Gasteiger partial charge in [0.25, 0.3) is 0 Å². The molecule has 0 unspecified atom stereocenters. The summed E-state index contributed by atoms with van der Waals surface area (Å²) in [5.74, 6) is 2.77. The number of anilines is 1. The topological polar surface area (TPSA) is 110 Å². The first-order valence-corrected chi connectivity index (χ1v) is 9.42. The number of hydrogen-bond donors (Lipinski definition) is 1. The van der Waals surface area contributed by atoms with Crippen LogP contribution in [0, 0.1) is 0 Å². The molecule has 1 aromatic carbocycles. The van der Waals surface area contributed by atoms with Crippen LogP contribution in [0.1, 0.15) is 19.9 Å². The summed E-state index contributed by atoms with van der Waals surface area (Å²) in [5, 5.41) is 4.32. The van der Waals surface area contributed by atoms with Gasteiger partial charge in [0.05, 0.1) is 30.2 Å². The molecule has 29 heavy (non-hydrogen) atoms. The molecule has 0 saturated heterocycles. The lowest BCUT2D eigenvalue weighted by molar-refractivity contribution is 0.307. The number of nitrogens with zero attached hydrogens (tertiary/aromatic N) is 7. The molecule has 9 heteroatoms. The lowest BCUT2D eigenvalue weighted by atomic mass is 10.1. The Morgan fingerprint density at radius 2 is 1.97 bits per heavy atom. The van der Waals surface area contributed by atoms with Crippen molar-refractivity contribution in [2.45, 2.75) is 26.4 Å². The Morgan fingerprint density at radius 3 is 2.76 bits per heavy atom. The zero-order chi connectivity index (χ0) is 20.0. The van der Waals surface area contributed by atoms with Crippen LogP contribution in [0.5, 0.6) is 5.75 Å². The van der Waals surface area contributed by atoms with Crippen molar-refractivity contribution >= 4 is 5.82 Å². The summed E-state index contributed by atoms with van der Waals surface area (Å²) in [6.07, 6.45) is 6.78. The van der Waals surface area contributed by atoms with Crippen molar-refractivity contribution in [1.82, 2.24) is 34.3 Å². The van der Waals surface area contributed by atoms with E-state index in [1.807, 2.05) is 29.1 Å². The van der Waals surface area contributed by atoms with Gasteiger partial charge >= 0.3 is 0 Å². The van der Waals surface area contributed by atoms with Crippen molar-refractivity contribution in [2.75, 3.05) is 12.3 Å². The number of hydrogen-bond acceptors (Lipinski definition) is 7. The monoisotopic (exact) mass is 388 g/mol. The summed E-state index contributed by atoms with van der Waals surface area (Å²) in [5.41, 5.74) is 9.02. The number of nitrogen functional groups attached to an aromatic ring is 1. The molecule has 0 spiro atoms. The molecule has 3 aromatic heterocycles. The van der Waals surface area contributed by atoms with E-state index in [0.717, 1.165) is 39.9 Å². The second-order valence-electron chi connectivity index (χ2n) is 7.15. The van der Waals surface area contributed by atoms with E-state index >= 15 is 0 Å². The van der Waals surface area contributed by atoms with Crippen LogP contribution in [-0.2, 0) is 6.54 Å². The van der Waals surface area contributed by atoms with Crippen molar-refractivity contribution in [2.24, 2.45) is 0 Å². The highest BCUT2D eigenvalue weighted by atomic mass is 16.5. The van der Waals surface area contributed by atoms with E-state index in [9.17, 15) is 0 Å². The number of imidazole rings is 1. The zero-order valence-electron chi connectivity index (χ0n) is 16.1. The number of aromatic nitrogens is 7. The summed E-state index contributed by atoms with van der Waals surface area (Å²) in [7, 11) is 0. The molecular formula is C20H20N8O. The Morgan fingerprint density at radius 1 is 1.07 bits per heavy atom. The SMILES string of the molecule is CC(C)n1ncnc1-c1cn2c(n1)-c1ccc(-c3cnc(N)cn3)cc1OCC2. The average Bonchev–Trinajstić information content (AvgIpc) is 3.33. The van der Waals surface area contributed by atoms with Crippen LogP contribution >= 0.6 is 0 Å². The molecule has 4 aromatic rings. The molecule has 0 saturated carbocycles. The lowest BCUT2D eigenvalue weighted by Gasteiger charge is -2.09. The average molecular weight is 388 g/mol. The lowest BCUT2D eigenvalue weighted by Crippen LogP contribution is -2.06. The standard InChI is InChI=1S/C20H20N8O/c1-12(2)28-20(24-11-25-28)16-10-27-5-6-29-17-7-13(3-4-14(17)19(27)26-16)15-8-23-18(21)9-22-15/h3-4,7-12H,5-6H2,1-2H3,(H2,21,23). The van der Waals surface area contributed by atoms with Crippen molar-refractivity contribution in [3.63, 3.8) is 0 Å². The highest BCUT2D eigenvalue weighted by molar-refractivity contribution is 5.73. The van der Waals surface area contributed by atoms with Crippen molar-refractivity contribution in [1.29, 1.82) is 0 Å². The smallest absolute Gasteiger partial charge is 0.178 e. The molecular weight excluding hydrogens is 368 g/mol. The van der Waals surface area contributed by atoms with Gasteiger partial charge in [0.2, 0.25) is 0 Å². The number of benzene rings is 1. The Kier molecular flexibility index (Phi) is 4.01. The van der Waals surface area contributed by atoms with E-state index in [4.69, 9.17) is 15.5 Å². The molecule has 1 aliphatic heterocycles. The van der Waals surface area contributed by atoms with Crippen molar-refractivity contribution in [3.05, 3.63) is 43.1 Å². The van der Waals surface area contributed by atoms with Crippen molar-refractivity contribution < 1.29 is 4.74 Å². The summed E-state index contributed by atoms with van der Waals surface area (Å²) in [6.45, 7) is 5.39. The Hall–Kier alpha value is -3.75. The van der Waals surface area contributed by atoms with Gasteiger partial charge in [-0.1, -0.05) is 6.07 Å². The molecule has 1 aliphatic rings. The number of fused-ring (bicyclic) bond motifs is 3. The summed E-state index contributed by atoms with van der Waals surface area (Å²) in [4.78, 5) is 17.7. The highest BCUT2D eigenvalue weighted by Crippen LogP contribution is 2.36. The van der Waals surface area contributed by atoms with E-state index < -0.39 is 0 Å². The largest absolute Gasteiger partial charge is 0.491 e. The molecule has 0 amide bonds. The molecule has 0 aliphatic carbocycles. The first-order valence-electron chi connectivity index (χ1n) is 9.42. The van der Waals surface area contributed by atoms with Crippen LogP contribution in [0.3, 0.4) is 0 Å². The van der Waals surface area contributed by atoms with Gasteiger partial charge in [-0.2, -0.15) is 5.10 Å². The van der Waals surface area contributed by atoms with Gasteiger partial charge in [-0.05, 0) is 26.0 Å². The second-order valence-corrected chi connectivity index (χ2v) is 7.15. The van der Waals surface area contributed by atoms with Crippen LogP contribution in [0.15, 0.2) is 43.1 Å². The number of rotatable bonds is 3. The predicted molar refractivity (Wildman–Crippen MR) is 108 cm³/mol. The molecule has 2 N–H and O–H groups in total. The molecule has 0 bridgehead atoms. The Balaban J connectivity index is 1.58. The van der Waals surface area contributed by atoms with Gasteiger partial charge < -0.3 is 15.0 Å². The van der Waals surface area contributed by atoms with Gasteiger partial charge in [-0.15, -0.1) is 0 Å². The first kappa shape index (κ1) is 17.4. The van der Waals surface area contributed by atoms with Crippen LogP contribution in [-0.4, -0.2) is 40.9 Å². The van der Waals surface area contributed by atoms with Crippen molar-refractivity contribution in [3.8, 4) is 39.9 Å². The van der Waals surface area contributed by atoms with Gasteiger partial charge in [0.1, 0.15) is 36.0 Å². The molecule has 0 atom stereocenters. The maximum atomic E-state index is 6.00. The third-order valence-corrected chi connectivity index (χ3v) is 4.85. The van der Waals surface area contributed by atoms with E-state index in [0.29, 0.717) is 19.0 Å². The molecule has 5 rings (SSSR count). The molecule has 4 heterocycles. The summed E-state index contributed by atoms with van der Waals surface area (Å²) in [6, 6.07) is 6.16. The minimum absolute atomic E-state index is 0.202. The fraction of sp³-hybridized carbons (Fsp3) is 0.250. The van der Waals surface area contributed by atoms with E-state index in [1.54, 1.807) is 18.7 Å². The third-order valence-electron chi connectivity index (χ3n) is 4.85. The van der Waals surface area contributed by atoms with Crippen LogP contribution in [0.2, 0.25) is 0 Å². The van der Waals surface area contributed by atoms with Gasteiger partial charge in [-0.3, -0.25) is 4.98 Å². The normalized spacial score (nSPS) is 12.9. The van der Waals surface area contributed by atoms with Gasteiger partial charge in [0, 0.05) is 17.8 Å². The van der Waals surface area contributed by atoms with E-state index in [-0.39, 0.29) is 6.04 Å².